The van der Waals surface area contributed by atoms with Gasteiger partial charge in [0.15, 0.2) is 0 Å². The van der Waals surface area contributed by atoms with Crippen LogP contribution in [0, 0.1) is 0 Å². The highest BCUT2D eigenvalue weighted by Crippen LogP contribution is 2.23. The number of nitrogen functional groups attached to an aromatic ring is 1. The third-order valence-corrected chi connectivity index (χ3v) is 3.60. The largest absolute Gasteiger partial charge is 0.399 e. The van der Waals surface area contributed by atoms with E-state index in [1.54, 1.807) is 25.3 Å². The van der Waals surface area contributed by atoms with Crippen molar-refractivity contribution < 1.29 is 9.53 Å². The van der Waals surface area contributed by atoms with Gasteiger partial charge in [-0.25, -0.2) is 0 Å². The molecular formula is C13H18Cl2N2O2. The first-order chi connectivity index (χ1) is 8.60. The third kappa shape index (κ3) is 4.00. The lowest BCUT2D eigenvalue weighted by molar-refractivity contribution is 0.0915. The van der Waals surface area contributed by atoms with Crippen molar-refractivity contribution in [2.45, 2.75) is 31.4 Å². The second kappa shape index (κ2) is 6.98. The van der Waals surface area contributed by atoms with Crippen LogP contribution in [0.15, 0.2) is 18.2 Å². The van der Waals surface area contributed by atoms with Crippen LogP contribution in [0.5, 0.6) is 0 Å². The number of hydrogen-bond donors (Lipinski definition) is 2. The van der Waals surface area contributed by atoms with E-state index in [4.69, 9.17) is 22.1 Å². The first-order valence-electron chi connectivity index (χ1n) is 5.99. The summed E-state index contributed by atoms with van der Waals surface area (Å²) in [5, 5.41) is 3.36. The van der Waals surface area contributed by atoms with E-state index in [0.717, 1.165) is 19.3 Å². The van der Waals surface area contributed by atoms with Gasteiger partial charge in [-0.1, -0.05) is 11.6 Å². The predicted octanol–water partition coefficient (Wildman–Crippen LogP) is 2.64. The van der Waals surface area contributed by atoms with Crippen LogP contribution in [0.1, 0.15) is 29.6 Å². The van der Waals surface area contributed by atoms with Gasteiger partial charge in [0.1, 0.15) is 0 Å². The molecule has 19 heavy (non-hydrogen) atoms. The van der Waals surface area contributed by atoms with E-state index in [-0.39, 0.29) is 30.5 Å². The van der Waals surface area contributed by atoms with Gasteiger partial charge in [-0.3, -0.25) is 4.79 Å². The van der Waals surface area contributed by atoms with Crippen molar-refractivity contribution in [2.75, 3.05) is 12.8 Å². The molecule has 1 saturated carbocycles. The summed E-state index contributed by atoms with van der Waals surface area (Å²) >= 11 is 6.00. The zero-order valence-corrected chi connectivity index (χ0v) is 12.3. The molecule has 6 heteroatoms. The summed E-state index contributed by atoms with van der Waals surface area (Å²) in [7, 11) is 1.70. The summed E-state index contributed by atoms with van der Waals surface area (Å²) in [6.07, 6.45) is 3.03. The molecule has 0 radical (unpaired) electrons. The lowest BCUT2D eigenvalue weighted by atomic mass is 10.1. The third-order valence-electron chi connectivity index (χ3n) is 3.29. The standard InChI is InChI=1S/C13H17ClN2O2.ClH/c1-18-10-4-3-9(7-10)16-13(17)11-5-2-8(15)6-12(11)14;/h2,5-6,9-10H,3-4,7,15H2,1H3,(H,16,17);1H. The van der Waals surface area contributed by atoms with Crippen molar-refractivity contribution in [3.05, 3.63) is 28.8 Å². The molecule has 0 aliphatic heterocycles. The monoisotopic (exact) mass is 304 g/mol. The average molecular weight is 305 g/mol. The number of methoxy groups -OCH3 is 1. The maximum absolute atomic E-state index is 12.1. The van der Waals surface area contributed by atoms with Crippen molar-refractivity contribution in [1.29, 1.82) is 0 Å². The Labute approximate surface area is 124 Å². The molecule has 1 aliphatic carbocycles. The molecule has 2 unspecified atom stereocenters. The van der Waals surface area contributed by atoms with E-state index in [1.165, 1.54) is 0 Å². The Morgan fingerprint density at radius 2 is 2.21 bits per heavy atom. The zero-order chi connectivity index (χ0) is 13.1. The number of nitrogens with two attached hydrogens (primary N) is 1. The number of carbonyl (C=O) groups is 1. The molecule has 1 aromatic rings. The van der Waals surface area contributed by atoms with Crippen LogP contribution < -0.4 is 11.1 Å². The molecular weight excluding hydrogens is 287 g/mol. The van der Waals surface area contributed by atoms with Crippen LogP contribution >= 0.6 is 24.0 Å². The maximum atomic E-state index is 12.1. The first kappa shape index (κ1) is 16.1. The predicted molar refractivity (Wildman–Crippen MR) is 79.0 cm³/mol. The van der Waals surface area contributed by atoms with Crippen molar-refractivity contribution in [1.82, 2.24) is 5.32 Å². The van der Waals surface area contributed by atoms with E-state index in [0.29, 0.717) is 16.3 Å². The van der Waals surface area contributed by atoms with Gasteiger partial charge >= 0.3 is 0 Å². The molecule has 1 amide bonds. The highest BCUT2D eigenvalue weighted by atomic mass is 35.5. The number of halogens is 2. The van der Waals surface area contributed by atoms with E-state index < -0.39 is 0 Å². The van der Waals surface area contributed by atoms with Crippen LogP contribution in [-0.4, -0.2) is 25.2 Å². The Kier molecular flexibility index (Phi) is 5.91. The van der Waals surface area contributed by atoms with Crippen LogP contribution in [0.3, 0.4) is 0 Å². The summed E-state index contributed by atoms with van der Waals surface area (Å²) in [5.74, 6) is -0.151. The minimum atomic E-state index is -0.151. The van der Waals surface area contributed by atoms with Crippen molar-refractivity contribution in [3.8, 4) is 0 Å². The van der Waals surface area contributed by atoms with Gasteiger partial charge in [-0.2, -0.15) is 0 Å². The highest BCUT2D eigenvalue weighted by Gasteiger charge is 2.26. The van der Waals surface area contributed by atoms with E-state index in [1.807, 2.05) is 0 Å². The molecule has 0 heterocycles. The van der Waals surface area contributed by atoms with Crippen molar-refractivity contribution >= 4 is 35.6 Å². The first-order valence-corrected chi connectivity index (χ1v) is 6.36. The fraction of sp³-hybridized carbons (Fsp3) is 0.462. The molecule has 0 bridgehead atoms. The molecule has 1 fully saturated rings. The minimum Gasteiger partial charge on any atom is -0.399 e. The molecule has 0 aromatic heterocycles. The van der Waals surface area contributed by atoms with Crippen LogP contribution in [0.2, 0.25) is 5.02 Å². The molecule has 1 aromatic carbocycles. The number of anilines is 1. The topological polar surface area (TPSA) is 64.3 Å². The van der Waals surface area contributed by atoms with Gasteiger partial charge in [0.05, 0.1) is 16.7 Å². The summed E-state index contributed by atoms with van der Waals surface area (Å²) in [6, 6.07) is 5.07. The lowest BCUT2D eigenvalue weighted by Gasteiger charge is -2.13. The normalized spacial score (nSPS) is 21.8. The Hall–Kier alpha value is -0.970. The molecule has 4 nitrogen and oxygen atoms in total. The van der Waals surface area contributed by atoms with Gasteiger partial charge in [-0.05, 0) is 37.5 Å². The highest BCUT2D eigenvalue weighted by molar-refractivity contribution is 6.34. The van der Waals surface area contributed by atoms with Crippen LogP contribution in [0.4, 0.5) is 5.69 Å². The van der Waals surface area contributed by atoms with Crippen LogP contribution in [-0.2, 0) is 4.74 Å². The Morgan fingerprint density at radius 3 is 2.79 bits per heavy atom. The SMILES string of the molecule is COC1CCC(NC(=O)c2ccc(N)cc2Cl)C1.Cl. The average Bonchev–Trinajstić information content (AvgIpc) is 2.76. The smallest absolute Gasteiger partial charge is 0.253 e. The van der Waals surface area contributed by atoms with E-state index >= 15 is 0 Å². The molecule has 3 N–H and O–H groups in total. The Bertz CT molecular complexity index is 454. The maximum Gasteiger partial charge on any atom is 0.253 e. The van der Waals surface area contributed by atoms with Crippen molar-refractivity contribution in [3.63, 3.8) is 0 Å². The van der Waals surface area contributed by atoms with E-state index in [2.05, 4.69) is 5.32 Å². The Morgan fingerprint density at radius 1 is 1.47 bits per heavy atom. The Balaban J connectivity index is 0.00000180. The number of amides is 1. The van der Waals surface area contributed by atoms with Gasteiger partial charge in [-0.15, -0.1) is 12.4 Å². The molecule has 2 atom stereocenters. The fourth-order valence-electron chi connectivity index (χ4n) is 2.26. The summed E-state index contributed by atoms with van der Waals surface area (Å²) in [4.78, 5) is 12.1. The molecule has 1 aliphatic rings. The number of rotatable bonds is 3. The van der Waals surface area contributed by atoms with Crippen LogP contribution in [0.25, 0.3) is 0 Å². The van der Waals surface area contributed by atoms with Gasteiger partial charge < -0.3 is 15.8 Å². The number of benzene rings is 1. The number of carbonyl (C=O) groups excluding carboxylic acids is 1. The molecule has 106 valence electrons. The summed E-state index contributed by atoms with van der Waals surface area (Å²) < 4.78 is 5.27. The van der Waals surface area contributed by atoms with Crippen molar-refractivity contribution in [2.24, 2.45) is 0 Å². The molecule has 2 rings (SSSR count). The second-order valence-corrected chi connectivity index (χ2v) is 4.99. The zero-order valence-electron chi connectivity index (χ0n) is 10.7. The quantitative estimate of drug-likeness (QED) is 0.844. The second-order valence-electron chi connectivity index (χ2n) is 4.58. The van der Waals surface area contributed by atoms with Gasteiger partial charge in [0.2, 0.25) is 0 Å². The minimum absolute atomic E-state index is 0. The summed E-state index contributed by atoms with van der Waals surface area (Å²) in [5.41, 5.74) is 6.61. The number of hydrogen-bond acceptors (Lipinski definition) is 3. The van der Waals surface area contributed by atoms with Gasteiger partial charge in [0.25, 0.3) is 5.91 Å². The van der Waals surface area contributed by atoms with E-state index in [9.17, 15) is 4.79 Å². The molecule has 0 spiro atoms. The number of ether oxygens (including phenoxy) is 1. The lowest BCUT2D eigenvalue weighted by Crippen LogP contribution is -2.33. The van der Waals surface area contributed by atoms with Gasteiger partial charge in [0, 0.05) is 18.8 Å². The number of nitrogens with one attached hydrogen (secondary N) is 1. The fourth-order valence-corrected chi connectivity index (χ4v) is 2.54. The molecule has 0 saturated heterocycles. The summed E-state index contributed by atoms with van der Waals surface area (Å²) in [6.45, 7) is 0.